The number of hydrogen-bond acceptors (Lipinski definition) is 6. The van der Waals surface area contributed by atoms with E-state index in [0.29, 0.717) is 18.6 Å². The Bertz CT molecular complexity index is 682. The first-order valence-electron chi connectivity index (χ1n) is 9.75. The van der Waals surface area contributed by atoms with Crippen molar-refractivity contribution in [2.75, 3.05) is 24.9 Å². The summed E-state index contributed by atoms with van der Waals surface area (Å²) in [6.07, 6.45) is 4.64. The van der Waals surface area contributed by atoms with Gasteiger partial charge in [0.2, 0.25) is 3.79 Å². The minimum atomic E-state index is -1.84. The maximum Gasteiger partial charge on any atom is 0.253 e. The number of nitrogens with zero attached hydrogens (tertiary/aromatic N) is 2. The summed E-state index contributed by atoms with van der Waals surface area (Å²) in [5, 5.41) is 22.1. The Kier molecular flexibility index (Phi) is 7.89. The maximum atomic E-state index is 12.5. The Morgan fingerprint density at radius 1 is 1.24 bits per heavy atom. The number of benzene rings is 1. The molecular weight excluding hydrogens is 441 g/mol. The Hall–Kier alpha value is -0.800. The van der Waals surface area contributed by atoms with Gasteiger partial charge in [0.15, 0.2) is 6.23 Å². The van der Waals surface area contributed by atoms with E-state index in [0.717, 1.165) is 32.4 Å². The quantitative estimate of drug-likeness (QED) is 0.374. The predicted molar refractivity (Wildman–Crippen MR) is 114 cm³/mol. The number of amides is 1. The van der Waals surface area contributed by atoms with Gasteiger partial charge in [0, 0.05) is 11.6 Å². The smallest absolute Gasteiger partial charge is 0.253 e. The van der Waals surface area contributed by atoms with Crippen LogP contribution in [0.3, 0.4) is 0 Å². The number of carbonyl (C=O) groups excluding carboxylic acids is 1. The van der Waals surface area contributed by atoms with E-state index < -0.39 is 15.9 Å². The summed E-state index contributed by atoms with van der Waals surface area (Å²) in [6.45, 7) is 2.64. The van der Waals surface area contributed by atoms with E-state index in [1.807, 2.05) is 0 Å². The number of ether oxygens (including phenoxy) is 1. The fourth-order valence-corrected chi connectivity index (χ4v) is 4.50. The second-order valence-corrected chi connectivity index (χ2v) is 9.92. The third-order valence-electron chi connectivity index (χ3n) is 5.62. The monoisotopic (exact) mass is 464 g/mol. The highest BCUT2D eigenvalue weighted by Gasteiger charge is 2.38. The molecule has 2 aliphatic rings. The summed E-state index contributed by atoms with van der Waals surface area (Å²) in [6, 6.07) is 5.88. The second kappa shape index (κ2) is 10.0. The molecule has 1 aromatic rings. The molecule has 0 aromatic heterocycles. The number of anilines is 1. The van der Waals surface area contributed by atoms with E-state index in [9.17, 15) is 10.0 Å². The molecule has 0 bridgehead atoms. The zero-order chi connectivity index (χ0) is 21.0. The molecule has 2 saturated heterocycles. The Balaban J connectivity index is 1.61. The summed E-state index contributed by atoms with van der Waals surface area (Å²) < 4.78 is 4.06. The van der Waals surface area contributed by atoms with Gasteiger partial charge in [0.25, 0.3) is 5.91 Å². The van der Waals surface area contributed by atoms with Gasteiger partial charge in [-0.2, -0.15) is 0 Å². The van der Waals surface area contributed by atoms with Crippen molar-refractivity contribution in [3.63, 3.8) is 0 Å². The van der Waals surface area contributed by atoms with E-state index in [4.69, 9.17) is 44.7 Å². The molecule has 1 amide bonds. The number of nitrogens with one attached hydrogen (secondary N) is 1. The molecule has 162 valence electrons. The van der Waals surface area contributed by atoms with Crippen molar-refractivity contribution in [1.29, 1.82) is 0 Å². The van der Waals surface area contributed by atoms with Crippen LogP contribution in [0.1, 0.15) is 42.5 Å². The van der Waals surface area contributed by atoms with Gasteiger partial charge < -0.3 is 25.4 Å². The average Bonchev–Trinajstić information content (AvgIpc) is 2.70. The van der Waals surface area contributed by atoms with Gasteiger partial charge >= 0.3 is 0 Å². The van der Waals surface area contributed by atoms with E-state index in [-0.39, 0.29) is 16.5 Å². The summed E-state index contributed by atoms with van der Waals surface area (Å²) >= 11 is 18.2. The first-order chi connectivity index (χ1) is 13.8. The lowest BCUT2D eigenvalue weighted by Crippen LogP contribution is -2.51. The SMILES string of the molecule is O=C(NC(OCC1CCCN2CCCCC12)C(Cl)(Cl)Cl)c1ccc(N([O-])O)cc1. The van der Waals surface area contributed by atoms with Crippen LogP contribution in [0.2, 0.25) is 0 Å². The molecule has 0 radical (unpaired) electrons. The minimum Gasteiger partial charge on any atom is -0.733 e. The van der Waals surface area contributed by atoms with Crippen molar-refractivity contribution < 1.29 is 14.7 Å². The number of fused-ring (bicyclic) bond motifs is 1. The second-order valence-electron chi connectivity index (χ2n) is 7.55. The molecular formula is C19H25Cl3N3O4-. The first-order valence-corrected chi connectivity index (χ1v) is 10.9. The molecule has 29 heavy (non-hydrogen) atoms. The predicted octanol–water partition coefficient (Wildman–Crippen LogP) is 4.09. The van der Waals surface area contributed by atoms with Gasteiger partial charge in [0.1, 0.15) is 0 Å². The molecule has 0 aliphatic carbocycles. The van der Waals surface area contributed by atoms with Crippen LogP contribution in [0.5, 0.6) is 0 Å². The van der Waals surface area contributed by atoms with Crippen LogP contribution < -0.4 is 10.5 Å². The Morgan fingerprint density at radius 2 is 1.93 bits per heavy atom. The Labute approximate surface area is 185 Å². The number of alkyl halides is 3. The largest absolute Gasteiger partial charge is 0.733 e. The van der Waals surface area contributed by atoms with E-state index in [1.54, 1.807) is 0 Å². The molecule has 10 heteroatoms. The van der Waals surface area contributed by atoms with Gasteiger partial charge in [0.05, 0.1) is 12.3 Å². The molecule has 2 fully saturated rings. The van der Waals surface area contributed by atoms with Crippen molar-refractivity contribution in [2.45, 2.75) is 48.2 Å². The number of rotatable bonds is 6. The number of halogens is 3. The van der Waals surface area contributed by atoms with Gasteiger partial charge in [-0.05, 0) is 69.0 Å². The lowest BCUT2D eigenvalue weighted by Gasteiger charge is -2.44. The van der Waals surface area contributed by atoms with E-state index in [1.165, 1.54) is 37.1 Å². The van der Waals surface area contributed by atoms with Crippen molar-refractivity contribution in [3.8, 4) is 0 Å². The molecule has 2 N–H and O–H groups in total. The molecule has 2 aliphatic heterocycles. The number of carbonyl (C=O) groups is 1. The first kappa shape index (κ1) is 22.9. The van der Waals surface area contributed by atoms with Gasteiger partial charge in [-0.25, -0.2) is 0 Å². The van der Waals surface area contributed by atoms with Crippen LogP contribution in [-0.2, 0) is 4.74 Å². The van der Waals surface area contributed by atoms with Gasteiger partial charge in [-0.1, -0.05) is 41.2 Å². The van der Waals surface area contributed by atoms with Crippen molar-refractivity contribution in [1.82, 2.24) is 10.2 Å². The molecule has 2 heterocycles. The third kappa shape index (κ3) is 6.10. The highest BCUT2D eigenvalue weighted by atomic mass is 35.6. The topological polar surface area (TPSA) is 88.1 Å². The van der Waals surface area contributed by atoms with Crippen LogP contribution in [0.4, 0.5) is 5.69 Å². The van der Waals surface area contributed by atoms with Gasteiger partial charge in [-0.3, -0.25) is 10.0 Å². The highest BCUT2D eigenvalue weighted by molar-refractivity contribution is 6.68. The number of piperidine rings is 2. The van der Waals surface area contributed by atoms with Gasteiger partial charge in [-0.15, -0.1) is 0 Å². The fraction of sp³-hybridized carbons (Fsp3) is 0.632. The van der Waals surface area contributed by atoms with Crippen LogP contribution in [0.25, 0.3) is 0 Å². The summed E-state index contributed by atoms with van der Waals surface area (Å²) in [5.74, 6) is -0.172. The van der Waals surface area contributed by atoms with Crippen molar-refractivity contribution in [2.24, 2.45) is 5.92 Å². The third-order valence-corrected chi connectivity index (χ3v) is 6.21. The average molecular weight is 466 g/mol. The van der Waals surface area contributed by atoms with Crippen LogP contribution in [-0.4, -0.2) is 51.8 Å². The highest BCUT2D eigenvalue weighted by Crippen LogP contribution is 2.34. The lowest BCUT2D eigenvalue weighted by molar-refractivity contribution is -0.0325. The zero-order valence-electron chi connectivity index (χ0n) is 15.9. The van der Waals surface area contributed by atoms with E-state index >= 15 is 0 Å². The van der Waals surface area contributed by atoms with Crippen LogP contribution in [0, 0.1) is 11.1 Å². The molecule has 3 unspecified atom stereocenters. The van der Waals surface area contributed by atoms with Crippen molar-refractivity contribution >= 4 is 46.4 Å². The molecule has 0 spiro atoms. The van der Waals surface area contributed by atoms with Crippen LogP contribution in [0.15, 0.2) is 24.3 Å². The number of hydrogen-bond donors (Lipinski definition) is 2. The summed E-state index contributed by atoms with van der Waals surface area (Å²) in [4.78, 5) is 15.1. The summed E-state index contributed by atoms with van der Waals surface area (Å²) in [7, 11) is 0. The zero-order valence-corrected chi connectivity index (χ0v) is 18.2. The molecule has 7 nitrogen and oxygen atoms in total. The molecule has 3 rings (SSSR count). The fourth-order valence-electron chi connectivity index (χ4n) is 4.15. The normalized spacial score (nSPS) is 23.9. The van der Waals surface area contributed by atoms with Crippen molar-refractivity contribution in [3.05, 3.63) is 35.0 Å². The standard InChI is InChI=1S/C19H25Cl3N3O4/c20-19(21,22)18(23-17(26)13-6-8-15(9-7-13)25(27)28)29-12-14-4-3-11-24-10-2-1-5-16(14)24/h6-9,14,16,18,27H,1-5,10-12H2,(H,23,26)/q-1. The maximum absolute atomic E-state index is 12.5. The minimum absolute atomic E-state index is 0.00469. The van der Waals surface area contributed by atoms with Crippen LogP contribution >= 0.6 is 34.8 Å². The summed E-state index contributed by atoms with van der Waals surface area (Å²) in [5.41, 5.74) is 0.250. The lowest BCUT2D eigenvalue weighted by atomic mass is 9.84. The van der Waals surface area contributed by atoms with E-state index in [2.05, 4.69) is 10.2 Å². The molecule has 0 saturated carbocycles. The molecule has 1 aromatic carbocycles. The Morgan fingerprint density at radius 3 is 2.59 bits per heavy atom. The molecule has 3 atom stereocenters.